The van der Waals surface area contributed by atoms with Crippen LogP contribution in [-0.2, 0) is 16.4 Å². The molecule has 0 unspecified atom stereocenters. The standard InChI is InChI=1S/C13H20FN3O2S/c1-2-15-9-11-8-12(14)10-16-13(11)17-4-3-6-20(18,19)7-5-17/h8,10,15H,2-7,9H2,1H3. The van der Waals surface area contributed by atoms with Crippen molar-refractivity contribution in [3.8, 4) is 0 Å². The van der Waals surface area contributed by atoms with Gasteiger partial charge in [-0.3, -0.25) is 0 Å². The van der Waals surface area contributed by atoms with Crippen LogP contribution in [0, 0.1) is 5.82 Å². The largest absolute Gasteiger partial charge is 0.355 e. The summed E-state index contributed by atoms with van der Waals surface area (Å²) in [5, 5.41) is 3.15. The molecule has 2 rings (SSSR count). The molecule has 1 saturated heterocycles. The van der Waals surface area contributed by atoms with Crippen LogP contribution in [0.4, 0.5) is 10.2 Å². The van der Waals surface area contributed by atoms with E-state index in [-0.39, 0.29) is 17.3 Å². The Morgan fingerprint density at radius 3 is 2.95 bits per heavy atom. The summed E-state index contributed by atoms with van der Waals surface area (Å²) in [6, 6.07) is 1.46. The van der Waals surface area contributed by atoms with Crippen molar-refractivity contribution < 1.29 is 12.8 Å². The molecule has 0 aliphatic carbocycles. The van der Waals surface area contributed by atoms with Gasteiger partial charge in [0, 0.05) is 25.2 Å². The zero-order valence-electron chi connectivity index (χ0n) is 11.6. The molecule has 1 aromatic heterocycles. The molecule has 0 saturated carbocycles. The van der Waals surface area contributed by atoms with Crippen molar-refractivity contribution in [2.75, 3.05) is 36.0 Å². The molecular formula is C13H20FN3O2S. The van der Waals surface area contributed by atoms with E-state index in [0.717, 1.165) is 12.1 Å². The first-order valence-corrected chi connectivity index (χ1v) is 8.64. The molecule has 1 fully saturated rings. The lowest BCUT2D eigenvalue weighted by Crippen LogP contribution is -2.29. The van der Waals surface area contributed by atoms with Crippen molar-refractivity contribution in [3.63, 3.8) is 0 Å². The highest BCUT2D eigenvalue weighted by Crippen LogP contribution is 2.20. The first-order chi connectivity index (χ1) is 9.52. The molecule has 20 heavy (non-hydrogen) atoms. The highest BCUT2D eigenvalue weighted by atomic mass is 32.2. The van der Waals surface area contributed by atoms with Gasteiger partial charge in [-0.05, 0) is 19.0 Å². The summed E-state index contributed by atoms with van der Waals surface area (Å²) in [5.41, 5.74) is 0.770. The number of nitrogens with one attached hydrogen (secondary N) is 1. The van der Waals surface area contributed by atoms with Crippen molar-refractivity contribution in [2.24, 2.45) is 0 Å². The molecule has 112 valence electrons. The Labute approximate surface area is 119 Å². The van der Waals surface area contributed by atoms with Gasteiger partial charge >= 0.3 is 0 Å². The van der Waals surface area contributed by atoms with E-state index in [0.29, 0.717) is 31.9 Å². The third-order valence-corrected chi connectivity index (χ3v) is 5.05. The maximum Gasteiger partial charge on any atom is 0.152 e. The molecule has 0 bridgehead atoms. The maximum absolute atomic E-state index is 13.3. The highest BCUT2D eigenvalue weighted by Gasteiger charge is 2.21. The third kappa shape index (κ3) is 3.89. The second kappa shape index (κ2) is 6.49. The van der Waals surface area contributed by atoms with E-state index in [9.17, 15) is 12.8 Å². The van der Waals surface area contributed by atoms with Crippen LogP contribution >= 0.6 is 0 Å². The normalized spacial score (nSPS) is 18.8. The minimum Gasteiger partial charge on any atom is -0.355 e. The molecule has 1 aliphatic heterocycles. The lowest BCUT2D eigenvalue weighted by molar-refractivity contribution is 0.596. The van der Waals surface area contributed by atoms with E-state index in [4.69, 9.17) is 0 Å². The van der Waals surface area contributed by atoms with Gasteiger partial charge in [0.1, 0.15) is 11.6 Å². The molecule has 0 aromatic carbocycles. The third-order valence-electron chi connectivity index (χ3n) is 3.33. The Morgan fingerprint density at radius 1 is 1.40 bits per heavy atom. The van der Waals surface area contributed by atoms with Crippen LogP contribution in [0.15, 0.2) is 12.3 Å². The van der Waals surface area contributed by atoms with Gasteiger partial charge in [-0.25, -0.2) is 17.8 Å². The fourth-order valence-corrected chi connectivity index (χ4v) is 3.57. The predicted octanol–water partition coefficient (Wildman–Crippen LogP) is 0.955. The van der Waals surface area contributed by atoms with Gasteiger partial charge in [-0.15, -0.1) is 0 Å². The van der Waals surface area contributed by atoms with Gasteiger partial charge in [-0.2, -0.15) is 0 Å². The Bertz CT molecular complexity index is 563. The average molecular weight is 301 g/mol. The van der Waals surface area contributed by atoms with E-state index in [1.165, 1.54) is 12.3 Å². The Kier molecular flexibility index (Phi) is 4.93. The summed E-state index contributed by atoms with van der Waals surface area (Å²) >= 11 is 0. The van der Waals surface area contributed by atoms with Crippen molar-refractivity contribution in [2.45, 2.75) is 19.9 Å². The zero-order valence-corrected chi connectivity index (χ0v) is 12.4. The average Bonchev–Trinajstić information content (AvgIpc) is 2.58. The fourth-order valence-electron chi connectivity index (χ4n) is 2.30. The number of hydrogen-bond acceptors (Lipinski definition) is 5. The van der Waals surface area contributed by atoms with E-state index >= 15 is 0 Å². The van der Waals surface area contributed by atoms with Crippen LogP contribution in [0.3, 0.4) is 0 Å². The molecule has 0 atom stereocenters. The highest BCUT2D eigenvalue weighted by molar-refractivity contribution is 7.91. The van der Waals surface area contributed by atoms with Crippen LogP contribution in [0.25, 0.3) is 0 Å². The van der Waals surface area contributed by atoms with E-state index in [1.54, 1.807) is 0 Å². The zero-order chi connectivity index (χ0) is 14.6. The molecule has 1 aromatic rings. The van der Waals surface area contributed by atoms with Crippen LogP contribution < -0.4 is 10.2 Å². The number of rotatable bonds is 4. The van der Waals surface area contributed by atoms with Crippen molar-refractivity contribution in [1.82, 2.24) is 10.3 Å². The second-order valence-electron chi connectivity index (χ2n) is 4.91. The molecular weight excluding hydrogens is 281 g/mol. The second-order valence-corrected chi connectivity index (χ2v) is 7.21. The number of halogens is 1. The number of pyridine rings is 1. The number of nitrogens with zero attached hydrogens (tertiary/aromatic N) is 2. The van der Waals surface area contributed by atoms with Crippen LogP contribution in [0.2, 0.25) is 0 Å². The number of sulfone groups is 1. The minimum atomic E-state index is -2.96. The monoisotopic (exact) mass is 301 g/mol. The molecule has 5 nitrogen and oxygen atoms in total. The fraction of sp³-hybridized carbons (Fsp3) is 0.615. The molecule has 0 radical (unpaired) electrons. The Morgan fingerprint density at radius 2 is 2.20 bits per heavy atom. The summed E-state index contributed by atoms with van der Waals surface area (Å²) in [7, 11) is -2.96. The molecule has 1 aliphatic rings. The van der Waals surface area contributed by atoms with Gasteiger partial charge in [-0.1, -0.05) is 6.92 Å². The van der Waals surface area contributed by atoms with E-state index in [2.05, 4.69) is 10.3 Å². The quantitative estimate of drug-likeness (QED) is 0.897. The van der Waals surface area contributed by atoms with Gasteiger partial charge in [0.05, 0.1) is 17.7 Å². The number of aromatic nitrogens is 1. The topological polar surface area (TPSA) is 62.3 Å². The van der Waals surface area contributed by atoms with E-state index in [1.807, 2.05) is 11.8 Å². The predicted molar refractivity (Wildman–Crippen MR) is 77.1 cm³/mol. The van der Waals surface area contributed by atoms with Gasteiger partial charge < -0.3 is 10.2 Å². The number of anilines is 1. The summed E-state index contributed by atoms with van der Waals surface area (Å²) in [4.78, 5) is 6.10. The summed E-state index contributed by atoms with van der Waals surface area (Å²) in [5.74, 6) is 0.661. The Balaban J connectivity index is 2.22. The van der Waals surface area contributed by atoms with Gasteiger partial charge in [0.15, 0.2) is 9.84 Å². The van der Waals surface area contributed by atoms with E-state index < -0.39 is 9.84 Å². The summed E-state index contributed by atoms with van der Waals surface area (Å²) < 4.78 is 36.6. The number of hydrogen-bond donors (Lipinski definition) is 1. The first kappa shape index (κ1) is 15.2. The van der Waals surface area contributed by atoms with Gasteiger partial charge in [0.25, 0.3) is 0 Å². The maximum atomic E-state index is 13.3. The Hall–Kier alpha value is -1.21. The summed E-state index contributed by atoms with van der Waals surface area (Å²) in [6.45, 7) is 4.34. The van der Waals surface area contributed by atoms with Crippen molar-refractivity contribution >= 4 is 15.7 Å². The molecule has 7 heteroatoms. The molecule has 0 amide bonds. The first-order valence-electron chi connectivity index (χ1n) is 6.82. The summed E-state index contributed by atoms with van der Waals surface area (Å²) in [6.07, 6.45) is 1.77. The minimum absolute atomic E-state index is 0.132. The molecule has 2 heterocycles. The SMILES string of the molecule is CCNCc1cc(F)cnc1N1CCCS(=O)(=O)CC1. The molecule has 0 spiro atoms. The molecule has 1 N–H and O–H groups in total. The lowest BCUT2D eigenvalue weighted by atomic mass is 10.2. The van der Waals surface area contributed by atoms with Crippen LogP contribution in [0.5, 0.6) is 0 Å². The lowest BCUT2D eigenvalue weighted by Gasteiger charge is -2.23. The van der Waals surface area contributed by atoms with Gasteiger partial charge in [0.2, 0.25) is 0 Å². The van der Waals surface area contributed by atoms with Crippen molar-refractivity contribution in [1.29, 1.82) is 0 Å². The van der Waals surface area contributed by atoms with Crippen LogP contribution in [0.1, 0.15) is 18.9 Å². The van der Waals surface area contributed by atoms with Crippen molar-refractivity contribution in [3.05, 3.63) is 23.6 Å². The van der Waals surface area contributed by atoms with Crippen LogP contribution in [-0.4, -0.2) is 44.5 Å². The smallest absolute Gasteiger partial charge is 0.152 e.